The molecular weight excluding hydrogens is 1750 g/mol. The third-order valence-electron chi connectivity index (χ3n) is 15.9. The normalized spacial score (nSPS) is 33.8. The Kier molecular flexibility index (Phi) is 37.8. The Morgan fingerprint density at radius 1 is 0.295 bits per heavy atom. The maximum atomic E-state index is 13.8. The molecule has 0 radical (unpaired) electrons. The van der Waals surface area contributed by atoms with Crippen LogP contribution in [-0.4, -0.2) is 351 Å². The second kappa shape index (κ2) is 42.4. The summed E-state index contributed by atoms with van der Waals surface area (Å²) in [5.74, 6) is -4.72. The Morgan fingerprint density at radius 2 is 0.571 bits per heavy atom. The van der Waals surface area contributed by atoms with Gasteiger partial charge in [0.1, 0.15) is 85.5 Å². The first-order chi connectivity index (χ1) is 51.5. The molecular formula is C48H84O55S9. The van der Waals surface area contributed by atoms with Crippen LogP contribution in [0.3, 0.4) is 0 Å². The van der Waals surface area contributed by atoms with Crippen molar-refractivity contribution in [3.05, 3.63) is 0 Å². The van der Waals surface area contributed by atoms with Crippen molar-refractivity contribution in [2.75, 3.05) is 53.9 Å². The number of carbonyl (C=O) groups is 2. The first-order valence-corrected chi connectivity index (χ1v) is 44.5. The minimum absolute atomic E-state index is 0.000272. The van der Waals surface area contributed by atoms with E-state index >= 15 is 0 Å². The fraction of sp³-hybridized carbons (Fsp3) is 0.958. The molecule has 0 unspecified atom stereocenters. The Labute approximate surface area is 640 Å². The van der Waals surface area contributed by atoms with Crippen molar-refractivity contribution in [2.24, 2.45) is 0 Å². The van der Waals surface area contributed by atoms with Gasteiger partial charge in [-0.25, -0.2) is 47.2 Å². The largest absolute Gasteiger partial charge is 0.479 e. The molecule has 5 aliphatic heterocycles. The molecule has 5 saturated heterocycles. The van der Waals surface area contributed by atoms with Crippen LogP contribution >= 0.6 is 0 Å². The maximum Gasteiger partial charge on any atom is 0.397 e. The van der Waals surface area contributed by atoms with Crippen molar-refractivity contribution in [3.8, 4) is 0 Å². The summed E-state index contributed by atoms with van der Waals surface area (Å²) in [6.45, 7) is -2.01. The van der Waals surface area contributed by atoms with Crippen LogP contribution in [0.4, 0.5) is 0 Å². The Morgan fingerprint density at radius 3 is 0.938 bits per heavy atom. The molecule has 660 valence electrons. The van der Waals surface area contributed by atoms with Gasteiger partial charge in [0.05, 0.1) is 19.8 Å². The second-order valence-corrected chi connectivity index (χ2v) is 33.6. The van der Waals surface area contributed by atoms with Gasteiger partial charge < -0.3 is 81.6 Å². The topological polar surface area (TPSA) is 796 Å². The molecule has 0 aromatic carbocycles. The summed E-state index contributed by atoms with van der Waals surface area (Å²) in [6, 6.07) is 0. The van der Waals surface area contributed by atoms with Crippen molar-refractivity contribution in [2.45, 2.75) is 239 Å². The van der Waals surface area contributed by atoms with Crippen LogP contribution in [0.25, 0.3) is 0 Å². The number of aliphatic hydroxyl groups is 1. The lowest BCUT2D eigenvalue weighted by atomic mass is 9.94. The van der Waals surface area contributed by atoms with Crippen molar-refractivity contribution in [3.63, 3.8) is 0 Å². The Bertz CT molecular complexity index is 4100. The first kappa shape index (κ1) is 99.7. The maximum absolute atomic E-state index is 13.8. The molecule has 5 heterocycles. The van der Waals surface area contributed by atoms with Crippen LogP contribution < -0.4 is 0 Å². The monoisotopic (exact) mass is 1830 g/mol. The SMILES string of the molecule is CCCCCCCCO[C@@H]1[C@@H](OS(=O)(=O)O)[C@H](O[C@H]2[C@H](OS(=O)(=O)O)[C@@H](OS(=O)(=O)O)[C@@H](O)O[C@@H]2COS(=O)(=O)O)O[C@@H](C(=O)O)[C@H]1O[C@@H]1O[C@H](COS(=O)(=O)O)[C@@H](O[C@@H]2O[C@H](C(=O)O)[C@@H](O[C@@H]3O[C@H](COS(=O)(=O)O)[C@@H](OC)[C@H](OC)[C@H]3OS(=O)(=O)O)[C@H](OCCCC)[C@H]2OCCCC)[C@H](OS(=O)(=O)O)[C@H]1OS(=O)(=O)O. The molecule has 0 bridgehead atoms. The van der Waals surface area contributed by atoms with Crippen LogP contribution in [0.5, 0.6) is 0 Å². The molecule has 5 rings (SSSR count). The molecule has 0 amide bonds. The summed E-state index contributed by atoms with van der Waals surface area (Å²) >= 11 is 0. The first-order valence-electron chi connectivity index (χ1n) is 32.2. The number of ether oxygens (including phenoxy) is 14. The number of methoxy groups -OCH3 is 2. The summed E-state index contributed by atoms with van der Waals surface area (Å²) in [5.41, 5.74) is 0. The van der Waals surface area contributed by atoms with E-state index < -0.39 is 299 Å². The molecule has 0 aliphatic carbocycles. The third kappa shape index (κ3) is 32.7. The van der Waals surface area contributed by atoms with Crippen molar-refractivity contribution < 1.29 is 246 Å². The standard InChI is InChI=1S/C48H84O55S9/c1-6-9-12-13-14-15-18-84-30-32(36(43(51)52)97-48(40(30)102-111(75,76)77)93-26-23(20-87-105(57,58)59)89-44(53)37(100-109(69,70)71)33(26)98-107(63,64)65)95-47-41(103-112(78,79)80)34(99-108(66,67)68)27(24(91-47)21-88-106(60,61)62)92-45-38(85-17-11-8-3)29(83-16-10-7-2)31(35(96-45)42(49)50)94-46-39(101-110(72,73)74)28(82-5)25(81-4)22(90-46)19-86-104(54,55)56/h22-41,44-48,53H,6-21H2,1-5H3,(H,49,50)(H,51,52)(H,54,55,56)(H,57,58,59)(H,60,61,62)(H,63,64,65)(H,66,67,68)(H,69,70,71)(H,72,73,74)(H,75,76,77)(H,78,79,80)/t22-,23-,24-,25-,26-,27-,28+,29+,30+,31+,32+,33+,34+,35+,36-,37-,38-,39-,40-,41-,44+,45-,46+,47+,48-/m1/s1. The predicted octanol–water partition coefficient (Wildman–Crippen LogP) is -4.95. The number of unbranched alkanes of at least 4 members (excludes halogenated alkanes) is 7. The zero-order valence-electron chi connectivity index (χ0n) is 58.3. The number of carboxylic acids is 2. The number of aliphatic hydroxyl groups excluding tert-OH is 1. The lowest BCUT2D eigenvalue weighted by Crippen LogP contribution is -2.70. The lowest BCUT2D eigenvalue weighted by Gasteiger charge is -2.51. The molecule has 25 atom stereocenters. The Hall–Kier alpha value is -2.83. The van der Waals surface area contributed by atoms with E-state index in [1.165, 1.54) is 0 Å². The molecule has 55 nitrogen and oxygen atoms in total. The van der Waals surface area contributed by atoms with E-state index in [9.17, 15) is 142 Å². The van der Waals surface area contributed by atoms with Crippen LogP contribution in [-0.2, 0) is 207 Å². The van der Waals surface area contributed by atoms with E-state index in [0.717, 1.165) is 14.2 Å². The van der Waals surface area contributed by atoms with Crippen LogP contribution in [0.15, 0.2) is 0 Å². The van der Waals surface area contributed by atoms with Crippen molar-refractivity contribution in [1.29, 1.82) is 0 Å². The second-order valence-electron chi connectivity index (χ2n) is 24.0. The number of rotatable bonds is 49. The van der Waals surface area contributed by atoms with Gasteiger partial charge in [-0.2, -0.15) is 75.8 Å². The highest BCUT2D eigenvalue weighted by Crippen LogP contribution is 2.42. The van der Waals surface area contributed by atoms with Gasteiger partial charge in [-0.1, -0.05) is 65.7 Å². The summed E-state index contributed by atoms with van der Waals surface area (Å²) in [7, 11) is -52.4. The average Bonchev–Trinajstić information content (AvgIpc) is 0.751. The minimum atomic E-state index is -6.43. The summed E-state index contributed by atoms with van der Waals surface area (Å²) in [4.78, 5) is 27.5. The molecule has 5 aliphatic rings. The van der Waals surface area contributed by atoms with Gasteiger partial charge in [0.2, 0.25) is 0 Å². The van der Waals surface area contributed by atoms with Gasteiger partial charge in [0, 0.05) is 34.0 Å². The molecule has 64 heteroatoms. The smallest absolute Gasteiger partial charge is 0.397 e. The zero-order valence-corrected chi connectivity index (χ0v) is 65.7. The van der Waals surface area contributed by atoms with E-state index in [-0.39, 0.29) is 38.5 Å². The van der Waals surface area contributed by atoms with Gasteiger partial charge in [0.25, 0.3) is 0 Å². The van der Waals surface area contributed by atoms with Crippen LogP contribution in [0.1, 0.15) is 85.0 Å². The number of hydrogen-bond acceptors (Lipinski definition) is 44. The van der Waals surface area contributed by atoms with Gasteiger partial charge in [-0.05, 0) is 19.3 Å². The zero-order chi connectivity index (χ0) is 84.7. The third-order valence-corrected chi connectivity index (χ3v) is 20.0. The molecule has 0 saturated carbocycles. The molecule has 5 fully saturated rings. The fourth-order valence-corrected chi connectivity index (χ4v) is 15.5. The van der Waals surface area contributed by atoms with E-state index in [4.69, 9.17) is 83.0 Å². The van der Waals surface area contributed by atoms with Gasteiger partial charge in [-0.15, -0.1) is 0 Å². The summed E-state index contributed by atoms with van der Waals surface area (Å²) in [5, 5.41) is 33.0. The highest BCUT2D eigenvalue weighted by Gasteiger charge is 2.63. The fourth-order valence-electron chi connectivity index (χ4n) is 11.6. The van der Waals surface area contributed by atoms with E-state index in [0.29, 0.717) is 25.7 Å². The van der Waals surface area contributed by atoms with E-state index in [1.54, 1.807) is 13.8 Å². The van der Waals surface area contributed by atoms with Crippen molar-refractivity contribution >= 4 is 106 Å². The van der Waals surface area contributed by atoms with Crippen molar-refractivity contribution in [1.82, 2.24) is 0 Å². The molecule has 0 spiro atoms. The van der Waals surface area contributed by atoms with E-state index in [1.807, 2.05) is 6.92 Å². The summed E-state index contributed by atoms with van der Waals surface area (Å²) in [6.07, 6.45) is -67.5. The average molecular weight is 1830 g/mol. The Balaban J connectivity index is 1.81. The predicted molar refractivity (Wildman–Crippen MR) is 345 cm³/mol. The lowest BCUT2D eigenvalue weighted by molar-refractivity contribution is -0.387. The quantitative estimate of drug-likeness (QED) is 0.0201. The van der Waals surface area contributed by atoms with Gasteiger partial charge >= 0.3 is 106 Å². The van der Waals surface area contributed by atoms with Crippen LogP contribution in [0, 0.1) is 0 Å². The van der Waals surface area contributed by atoms with Crippen LogP contribution in [0.2, 0.25) is 0 Å². The molecule has 0 aromatic heterocycles. The highest BCUT2D eigenvalue weighted by atomic mass is 32.3. The molecule has 0 aromatic rings. The molecule has 112 heavy (non-hydrogen) atoms. The number of aliphatic carboxylic acids is 2. The van der Waals surface area contributed by atoms with Gasteiger partial charge in [-0.3, -0.25) is 41.0 Å². The van der Waals surface area contributed by atoms with E-state index in [2.05, 4.69) is 20.9 Å². The van der Waals surface area contributed by atoms with Gasteiger partial charge in [0.15, 0.2) is 68.1 Å². The highest BCUT2D eigenvalue weighted by molar-refractivity contribution is 7.82. The number of hydrogen-bond donors (Lipinski definition) is 12. The molecule has 12 N–H and O–H groups in total. The summed E-state index contributed by atoms with van der Waals surface area (Å²) < 4.78 is 438. The number of carboxylic acid groups (broad SMARTS) is 2. The minimum Gasteiger partial charge on any atom is -0.479 e.